The minimum absolute atomic E-state index is 0.0700. The van der Waals surface area contributed by atoms with E-state index in [1.807, 2.05) is 6.92 Å². The summed E-state index contributed by atoms with van der Waals surface area (Å²) >= 11 is 14.1. The van der Waals surface area contributed by atoms with E-state index in [9.17, 15) is 4.79 Å². The quantitative estimate of drug-likeness (QED) is 0.870. The van der Waals surface area contributed by atoms with Gasteiger partial charge in [0.25, 0.3) is 0 Å². The summed E-state index contributed by atoms with van der Waals surface area (Å²) in [6.45, 7) is 4.99. The topological polar surface area (TPSA) is 98.7 Å². The summed E-state index contributed by atoms with van der Waals surface area (Å²) in [5.41, 5.74) is -0.200. The zero-order valence-electron chi connectivity index (χ0n) is 10.6. The molecule has 2 rings (SSSR count). The van der Waals surface area contributed by atoms with E-state index in [0.717, 1.165) is 6.54 Å². The third-order valence-electron chi connectivity index (χ3n) is 1.96. The van der Waals surface area contributed by atoms with Crippen LogP contribution in [0.25, 0.3) is 0 Å². The summed E-state index contributed by atoms with van der Waals surface area (Å²) in [4.78, 5) is 13.1. The summed E-state index contributed by atoms with van der Waals surface area (Å²) in [5.74, 6) is -1.16. The Bertz CT molecular complexity index is 580. The highest BCUT2D eigenvalue weighted by atomic mass is 79.9. The van der Waals surface area contributed by atoms with E-state index < -0.39 is 5.97 Å². The molecule has 110 valence electrons. The van der Waals surface area contributed by atoms with E-state index >= 15 is 0 Å². The van der Waals surface area contributed by atoms with E-state index in [-0.39, 0.29) is 10.8 Å². The van der Waals surface area contributed by atoms with Crippen LogP contribution in [0.3, 0.4) is 0 Å². The number of aryl methyl sites for hydroxylation is 2. The first-order valence-corrected chi connectivity index (χ1v) is 7.03. The van der Waals surface area contributed by atoms with Crippen molar-refractivity contribution >= 4 is 45.1 Å². The lowest BCUT2D eigenvalue weighted by molar-refractivity contribution is 0.0689. The molecule has 0 bridgehead atoms. The number of aromatic nitrogens is 6. The molecule has 0 aromatic carbocycles. The number of hydrogen-bond acceptors (Lipinski definition) is 5. The van der Waals surface area contributed by atoms with Gasteiger partial charge in [0.1, 0.15) is 0 Å². The molecule has 0 aliphatic carbocycles. The second kappa shape index (κ2) is 7.55. The fourth-order valence-corrected chi connectivity index (χ4v) is 1.64. The normalized spacial score (nSPS) is 10.1. The molecule has 11 heteroatoms. The van der Waals surface area contributed by atoms with Gasteiger partial charge in [0, 0.05) is 0 Å². The number of carbonyl (C=O) groups is 1. The van der Waals surface area contributed by atoms with Crippen molar-refractivity contribution in [2.75, 3.05) is 0 Å². The average molecular weight is 386 g/mol. The molecule has 0 aliphatic rings. The monoisotopic (exact) mass is 384 g/mol. The SMILES string of the molecule is CCn1nc(Cl)c(Br)n1.CCn1nc(Cl)c(C(=O)O)n1. The number of hydrogen-bond donors (Lipinski definition) is 1. The predicted octanol–water partition coefficient (Wildman–Crippen LogP) is 2.36. The number of carboxylic acids is 1. The molecule has 0 fully saturated rings. The minimum Gasteiger partial charge on any atom is -0.476 e. The Balaban J connectivity index is 0.000000204. The molecule has 0 atom stereocenters. The van der Waals surface area contributed by atoms with Crippen molar-refractivity contribution in [3.63, 3.8) is 0 Å². The van der Waals surface area contributed by atoms with Crippen molar-refractivity contribution in [1.29, 1.82) is 0 Å². The van der Waals surface area contributed by atoms with Crippen molar-refractivity contribution in [2.24, 2.45) is 0 Å². The number of nitrogens with zero attached hydrogens (tertiary/aromatic N) is 6. The van der Waals surface area contributed by atoms with Crippen LogP contribution in [0.5, 0.6) is 0 Å². The van der Waals surface area contributed by atoms with Crippen LogP contribution in [0.2, 0.25) is 10.3 Å². The Morgan fingerprint density at radius 3 is 1.85 bits per heavy atom. The van der Waals surface area contributed by atoms with Gasteiger partial charge in [0.2, 0.25) is 5.69 Å². The molecule has 20 heavy (non-hydrogen) atoms. The number of carboxylic acid groups (broad SMARTS) is 1. The van der Waals surface area contributed by atoms with E-state index in [1.165, 1.54) is 9.59 Å². The highest BCUT2D eigenvalue weighted by molar-refractivity contribution is 9.10. The molecule has 0 radical (unpaired) electrons. The van der Waals surface area contributed by atoms with Crippen LogP contribution in [0.4, 0.5) is 0 Å². The van der Waals surface area contributed by atoms with Gasteiger partial charge in [-0.2, -0.15) is 9.59 Å². The summed E-state index contributed by atoms with van der Waals surface area (Å²) in [7, 11) is 0. The zero-order valence-corrected chi connectivity index (χ0v) is 13.7. The highest BCUT2D eigenvalue weighted by Crippen LogP contribution is 2.15. The van der Waals surface area contributed by atoms with Gasteiger partial charge in [-0.15, -0.1) is 20.4 Å². The van der Waals surface area contributed by atoms with Gasteiger partial charge in [-0.1, -0.05) is 23.2 Å². The second-order valence-electron chi connectivity index (χ2n) is 3.30. The smallest absolute Gasteiger partial charge is 0.359 e. The fourth-order valence-electron chi connectivity index (χ4n) is 1.05. The molecular weight excluding hydrogens is 375 g/mol. The van der Waals surface area contributed by atoms with Crippen LogP contribution in [0, 0.1) is 0 Å². The van der Waals surface area contributed by atoms with E-state index in [1.54, 1.807) is 6.92 Å². The fraction of sp³-hybridized carbons (Fsp3) is 0.444. The molecular formula is C9H11BrCl2N6O2. The summed E-state index contributed by atoms with van der Waals surface area (Å²) in [5, 5.41) is 23.8. The number of rotatable bonds is 3. The lowest BCUT2D eigenvalue weighted by Crippen LogP contribution is -2.02. The molecule has 0 saturated carbocycles. The van der Waals surface area contributed by atoms with Gasteiger partial charge in [0.05, 0.1) is 13.1 Å². The Hall–Kier alpha value is -1.19. The van der Waals surface area contributed by atoms with Gasteiger partial charge in [-0.3, -0.25) is 0 Å². The molecule has 0 spiro atoms. The van der Waals surface area contributed by atoms with Crippen molar-refractivity contribution in [3.05, 3.63) is 20.6 Å². The first kappa shape index (κ1) is 16.9. The third kappa shape index (κ3) is 4.43. The maximum Gasteiger partial charge on any atom is 0.359 e. The number of halogens is 3. The third-order valence-corrected chi connectivity index (χ3v) is 3.23. The lowest BCUT2D eigenvalue weighted by Gasteiger charge is -1.86. The van der Waals surface area contributed by atoms with Crippen LogP contribution in [0.1, 0.15) is 24.3 Å². The van der Waals surface area contributed by atoms with E-state index in [2.05, 4.69) is 36.3 Å². The summed E-state index contributed by atoms with van der Waals surface area (Å²) in [6, 6.07) is 0. The minimum atomic E-state index is -1.16. The summed E-state index contributed by atoms with van der Waals surface area (Å²) in [6.07, 6.45) is 0. The maximum atomic E-state index is 10.4. The zero-order chi connectivity index (χ0) is 15.3. The van der Waals surface area contributed by atoms with Crippen molar-refractivity contribution in [2.45, 2.75) is 26.9 Å². The van der Waals surface area contributed by atoms with Gasteiger partial charge >= 0.3 is 5.97 Å². The molecule has 2 heterocycles. The van der Waals surface area contributed by atoms with Crippen molar-refractivity contribution in [1.82, 2.24) is 30.0 Å². The first-order valence-electron chi connectivity index (χ1n) is 5.49. The standard InChI is InChI=1S/C5H6ClN3O2.C4H5BrClN3/c1-2-9-7-3(5(10)11)4(6)8-9;1-2-9-7-3(5)4(6)8-9/h2H2,1H3,(H,10,11);2H2,1H3. The Labute approximate surface area is 132 Å². The van der Waals surface area contributed by atoms with Crippen molar-refractivity contribution in [3.8, 4) is 0 Å². The Morgan fingerprint density at radius 1 is 1.10 bits per heavy atom. The Morgan fingerprint density at radius 2 is 1.60 bits per heavy atom. The molecule has 1 N–H and O–H groups in total. The lowest BCUT2D eigenvalue weighted by atomic mass is 10.5. The van der Waals surface area contributed by atoms with Gasteiger partial charge < -0.3 is 5.11 Å². The van der Waals surface area contributed by atoms with Gasteiger partial charge in [-0.05, 0) is 29.8 Å². The molecule has 0 amide bonds. The van der Waals surface area contributed by atoms with Gasteiger partial charge in [-0.25, -0.2) is 4.79 Å². The average Bonchev–Trinajstić information content (AvgIpc) is 2.94. The predicted molar refractivity (Wildman–Crippen MR) is 76.1 cm³/mol. The van der Waals surface area contributed by atoms with Crippen LogP contribution < -0.4 is 0 Å². The second-order valence-corrected chi connectivity index (χ2v) is 4.77. The first-order chi connectivity index (χ1) is 9.38. The van der Waals surface area contributed by atoms with Crippen LogP contribution >= 0.6 is 39.1 Å². The molecule has 0 aliphatic heterocycles. The molecule has 0 saturated heterocycles. The van der Waals surface area contributed by atoms with Crippen LogP contribution in [-0.4, -0.2) is 41.1 Å². The van der Waals surface area contributed by atoms with Gasteiger partial charge in [0.15, 0.2) is 14.9 Å². The Kier molecular flexibility index (Phi) is 6.37. The molecule has 0 unspecified atom stereocenters. The maximum absolute atomic E-state index is 10.4. The van der Waals surface area contributed by atoms with Crippen LogP contribution in [-0.2, 0) is 13.1 Å². The summed E-state index contributed by atoms with van der Waals surface area (Å²) < 4.78 is 0.603. The molecule has 2 aromatic heterocycles. The molecule has 8 nitrogen and oxygen atoms in total. The number of aromatic carboxylic acids is 1. The largest absolute Gasteiger partial charge is 0.476 e. The van der Waals surface area contributed by atoms with Crippen molar-refractivity contribution < 1.29 is 9.90 Å². The highest BCUT2D eigenvalue weighted by Gasteiger charge is 2.14. The van der Waals surface area contributed by atoms with E-state index in [4.69, 9.17) is 28.3 Å². The van der Waals surface area contributed by atoms with Crippen LogP contribution in [0.15, 0.2) is 4.60 Å². The van der Waals surface area contributed by atoms with E-state index in [0.29, 0.717) is 16.3 Å². The molecule has 2 aromatic rings.